The predicted molar refractivity (Wildman–Crippen MR) is 73.2 cm³/mol. The van der Waals surface area contributed by atoms with Crippen LogP contribution in [0.1, 0.15) is 12.8 Å². The van der Waals surface area contributed by atoms with Gasteiger partial charge in [-0.2, -0.15) is 0 Å². The summed E-state index contributed by atoms with van der Waals surface area (Å²) in [6, 6.07) is -0.821. The lowest BCUT2D eigenvalue weighted by Gasteiger charge is -2.25. The highest BCUT2D eigenvalue weighted by Gasteiger charge is 2.45. The summed E-state index contributed by atoms with van der Waals surface area (Å²) < 4.78 is 0. The number of rotatable bonds is 5. The molecule has 0 bridgehead atoms. The van der Waals surface area contributed by atoms with Crippen LogP contribution in [0, 0.1) is 11.8 Å². The Hall–Kier alpha value is -1.82. The van der Waals surface area contributed by atoms with Gasteiger partial charge in [0.15, 0.2) is 0 Å². The maximum Gasteiger partial charge on any atom is 0.240 e. The molecule has 2 rings (SSSR count). The molecule has 3 atom stereocenters. The van der Waals surface area contributed by atoms with Gasteiger partial charge in [0.25, 0.3) is 0 Å². The Balaban J connectivity index is 2.17. The van der Waals surface area contributed by atoms with Gasteiger partial charge in [0.1, 0.15) is 6.04 Å². The van der Waals surface area contributed by atoms with Gasteiger partial charge in [-0.15, -0.1) is 0 Å². The summed E-state index contributed by atoms with van der Waals surface area (Å²) >= 11 is 6.10. The number of hydrogen-bond donors (Lipinski definition) is 2. The fourth-order valence-electron chi connectivity index (χ4n) is 2.66. The smallest absolute Gasteiger partial charge is 0.240 e. The molecular formula is C13H16ClN3O3. The average Bonchev–Trinajstić information content (AvgIpc) is 2.69. The molecule has 1 saturated heterocycles. The van der Waals surface area contributed by atoms with E-state index in [1.54, 1.807) is 18.2 Å². The van der Waals surface area contributed by atoms with Gasteiger partial charge in [0.2, 0.25) is 17.7 Å². The van der Waals surface area contributed by atoms with Crippen molar-refractivity contribution in [2.24, 2.45) is 23.3 Å². The molecule has 0 aromatic rings. The van der Waals surface area contributed by atoms with Gasteiger partial charge in [0.05, 0.1) is 5.92 Å². The summed E-state index contributed by atoms with van der Waals surface area (Å²) in [6.45, 7) is 0.329. The number of carbonyl (C=O) groups excluding carboxylic acids is 3. The van der Waals surface area contributed by atoms with E-state index in [-0.39, 0.29) is 30.6 Å². The zero-order chi connectivity index (χ0) is 14.9. The van der Waals surface area contributed by atoms with Gasteiger partial charge in [-0.1, -0.05) is 23.8 Å². The van der Waals surface area contributed by atoms with E-state index in [1.165, 1.54) is 4.90 Å². The molecule has 1 aliphatic heterocycles. The Morgan fingerprint density at radius 1 is 1.45 bits per heavy atom. The number of hydrogen-bond acceptors (Lipinski definition) is 3. The van der Waals surface area contributed by atoms with Crippen molar-refractivity contribution < 1.29 is 14.4 Å². The van der Waals surface area contributed by atoms with Crippen molar-refractivity contribution in [2.45, 2.75) is 18.9 Å². The van der Waals surface area contributed by atoms with Crippen molar-refractivity contribution in [1.29, 1.82) is 0 Å². The summed E-state index contributed by atoms with van der Waals surface area (Å²) in [5.41, 5.74) is 10.4. The molecule has 1 heterocycles. The maximum atomic E-state index is 12.3. The zero-order valence-corrected chi connectivity index (χ0v) is 11.5. The number of likely N-dealkylation sites (tertiary alicyclic amines) is 1. The quantitative estimate of drug-likeness (QED) is 0.738. The Morgan fingerprint density at radius 2 is 2.15 bits per heavy atom. The fourth-order valence-corrected chi connectivity index (χ4v) is 2.93. The van der Waals surface area contributed by atoms with Crippen LogP contribution in [0.2, 0.25) is 0 Å². The van der Waals surface area contributed by atoms with Crippen LogP contribution < -0.4 is 11.5 Å². The van der Waals surface area contributed by atoms with E-state index < -0.39 is 17.9 Å². The summed E-state index contributed by atoms with van der Waals surface area (Å²) in [4.78, 5) is 36.1. The molecule has 20 heavy (non-hydrogen) atoms. The van der Waals surface area contributed by atoms with E-state index in [1.807, 2.05) is 0 Å². The van der Waals surface area contributed by atoms with E-state index >= 15 is 0 Å². The van der Waals surface area contributed by atoms with Crippen molar-refractivity contribution >= 4 is 29.3 Å². The SMILES string of the molecule is NC(=O)CCC(C(N)=O)N1CC2C(Cl)=CC=CC2C1=O. The van der Waals surface area contributed by atoms with Crippen LogP contribution in [-0.4, -0.2) is 35.2 Å². The Labute approximate surface area is 121 Å². The Morgan fingerprint density at radius 3 is 2.70 bits per heavy atom. The number of nitrogens with zero attached hydrogens (tertiary/aromatic N) is 1. The first kappa shape index (κ1) is 14.6. The number of nitrogens with two attached hydrogens (primary N) is 2. The molecule has 0 saturated carbocycles. The minimum Gasteiger partial charge on any atom is -0.370 e. The molecule has 0 radical (unpaired) electrons. The number of fused-ring (bicyclic) bond motifs is 1. The third kappa shape index (κ3) is 2.70. The predicted octanol–water partition coefficient (Wildman–Crippen LogP) is -0.127. The van der Waals surface area contributed by atoms with Gasteiger partial charge in [0, 0.05) is 23.9 Å². The first-order valence-corrected chi connectivity index (χ1v) is 6.71. The van der Waals surface area contributed by atoms with Crippen LogP contribution in [0.15, 0.2) is 23.3 Å². The highest BCUT2D eigenvalue weighted by molar-refractivity contribution is 6.30. The van der Waals surface area contributed by atoms with E-state index in [4.69, 9.17) is 23.1 Å². The Kier molecular flexibility index (Phi) is 4.13. The summed E-state index contributed by atoms with van der Waals surface area (Å²) in [5.74, 6) is -1.86. The monoisotopic (exact) mass is 297 g/mol. The molecule has 0 spiro atoms. The van der Waals surface area contributed by atoms with Crippen molar-refractivity contribution in [2.75, 3.05) is 6.54 Å². The molecule has 2 aliphatic rings. The molecule has 108 valence electrons. The largest absolute Gasteiger partial charge is 0.370 e. The van der Waals surface area contributed by atoms with Crippen LogP contribution in [0.4, 0.5) is 0 Å². The van der Waals surface area contributed by atoms with E-state index in [2.05, 4.69) is 0 Å². The second-order valence-electron chi connectivity index (χ2n) is 4.98. The van der Waals surface area contributed by atoms with Crippen LogP contribution >= 0.6 is 11.6 Å². The van der Waals surface area contributed by atoms with Gasteiger partial charge in [-0.25, -0.2) is 0 Å². The van der Waals surface area contributed by atoms with Crippen LogP contribution in [0.25, 0.3) is 0 Å². The fraction of sp³-hybridized carbons (Fsp3) is 0.462. The number of carbonyl (C=O) groups is 3. The third-order valence-corrected chi connectivity index (χ3v) is 4.10. The summed E-state index contributed by atoms with van der Waals surface area (Å²) in [5, 5.41) is 0.589. The standard InChI is InChI=1S/C13H16ClN3O3/c14-9-3-1-2-7-8(9)6-17(13(7)20)10(12(16)19)4-5-11(15)18/h1-3,7-8,10H,4-6H2,(H2,15,18)(H2,16,19). The zero-order valence-electron chi connectivity index (χ0n) is 10.8. The molecule has 1 aliphatic carbocycles. The van der Waals surface area contributed by atoms with Crippen LogP contribution in [-0.2, 0) is 14.4 Å². The molecular weight excluding hydrogens is 282 g/mol. The number of allylic oxidation sites excluding steroid dienone is 2. The average molecular weight is 298 g/mol. The second kappa shape index (κ2) is 5.66. The maximum absolute atomic E-state index is 12.3. The molecule has 4 N–H and O–H groups in total. The molecule has 6 nitrogen and oxygen atoms in total. The highest BCUT2D eigenvalue weighted by atomic mass is 35.5. The van der Waals surface area contributed by atoms with Gasteiger partial charge in [-0.05, 0) is 12.5 Å². The van der Waals surface area contributed by atoms with Gasteiger partial charge in [-0.3, -0.25) is 14.4 Å². The van der Waals surface area contributed by atoms with Crippen molar-refractivity contribution in [3.63, 3.8) is 0 Å². The molecule has 7 heteroatoms. The second-order valence-corrected chi connectivity index (χ2v) is 5.42. The minimum absolute atomic E-state index is 0.00608. The normalized spacial score (nSPS) is 26.1. The first-order valence-electron chi connectivity index (χ1n) is 6.33. The van der Waals surface area contributed by atoms with Gasteiger partial charge < -0.3 is 16.4 Å². The lowest BCUT2D eigenvalue weighted by molar-refractivity contribution is -0.138. The molecule has 0 aromatic heterocycles. The van der Waals surface area contributed by atoms with E-state index in [0.29, 0.717) is 11.6 Å². The van der Waals surface area contributed by atoms with Gasteiger partial charge >= 0.3 is 0 Å². The van der Waals surface area contributed by atoms with E-state index in [0.717, 1.165) is 0 Å². The number of halogens is 1. The Bertz CT molecular complexity index is 515. The van der Waals surface area contributed by atoms with Crippen LogP contribution in [0.5, 0.6) is 0 Å². The van der Waals surface area contributed by atoms with Crippen molar-refractivity contribution in [3.05, 3.63) is 23.3 Å². The summed E-state index contributed by atoms with van der Waals surface area (Å²) in [7, 11) is 0. The number of amides is 3. The number of primary amides is 2. The highest BCUT2D eigenvalue weighted by Crippen LogP contribution is 2.37. The van der Waals surface area contributed by atoms with Crippen LogP contribution in [0.3, 0.4) is 0 Å². The molecule has 0 aromatic carbocycles. The molecule has 3 unspecified atom stereocenters. The molecule has 3 amide bonds. The lowest BCUT2D eigenvalue weighted by atomic mass is 9.91. The van der Waals surface area contributed by atoms with Crippen molar-refractivity contribution in [1.82, 2.24) is 4.90 Å². The van der Waals surface area contributed by atoms with Crippen molar-refractivity contribution in [3.8, 4) is 0 Å². The third-order valence-electron chi connectivity index (χ3n) is 3.69. The minimum atomic E-state index is -0.821. The molecule has 1 fully saturated rings. The topological polar surface area (TPSA) is 106 Å². The first-order chi connectivity index (χ1) is 9.41. The lowest BCUT2D eigenvalue weighted by Crippen LogP contribution is -2.46. The van der Waals surface area contributed by atoms with E-state index in [9.17, 15) is 14.4 Å². The summed E-state index contributed by atoms with van der Waals surface area (Å²) in [6.07, 6.45) is 5.38.